The number of hydrogen-bond donors (Lipinski definition) is 1. The Bertz CT molecular complexity index is 1530. The van der Waals surface area contributed by atoms with Crippen LogP contribution in [-0.4, -0.2) is 39.2 Å². The van der Waals surface area contributed by atoms with E-state index in [4.69, 9.17) is 16.3 Å². The van der Waals surface area contributed by atoms with Gasteiger partial charge in [-0.05, 0) is 35.7 Å². The number of alkyl halides is 2. The van der Waals surface area contributed by atoms with E-state index in [0.717, 1.165) is 12.1 Å². The molecule has 1 atom stereocenters. The number of likely N-dealkylation sites (N-methyl/N-ethyl adjacent to an activating group) is 1. The van der Waals surface area contributed by atoms with E-state index >= 15 is 0 Å². The summed E-state index contributed by atoms with van der Waals surface area (Å²) in [6.07, 6.45) is 0. The number of aromatic amines is 1. The predicted octanol–water partition coefficient (Wildman–Crippen LogP) is 4.55. The predicted molar refractivity (Wildman–Crippen MR) is 115 cm³/mol. The Kier molecular flexibility index (Phi) is 5.33. The number of amides is 1. The number of carbonyl (C=O) groups excluding carboxylic acids is 1. The normalized spacial score (nSPS) is 15.8. The molecule has 1 amide bonds. The number of halogens is 5. The van der Waals surface area contributed by atoms with Crippen molar-refractivity contribution in [1.29, 1.82) is 0 Å². The number of H-pyrrole nitrogens is 1. The third-order valence-electron chi connectivity index (χ3n) is 5.90. The van der Waals surface area contributed by atoms with E-state index in [2.05, 4.69) is 10.1 Å². The highest BCUT2D eigenvalue weighted by atomic mass is 35.5. The molecular weight excluding hydrogens is 480 g/mol. The van der Waals surface area contributed by atoms with Crippen LogP contribution in [-0.2, 0) is 11.3 Å². The van der Waals surface area contributed by atoms with Gasteiger partial charge in [-0.1, -0.05) is 11.6 Å². The molecule has 2 aromatic carbocycles. The van der Waals surface area contributed by atoms with E-state index in [0.29, 0.717) is 15.9 Å². The zero-order valence-electron chi connectivity index (χ0n) is 17.4. The minimum Gasteiger partial charge on any atom is -0.373 e. The number of benzene rings is 2. The van der Waals surface area contributed by atoms with Crippen molar-refractivity contribution in [2.75, 3.05) is 13.7 Å². The first-order valence-corrected chi connectivity index (χ1v) is 10.4. The lowest BCUT2D eigenvalue weighted by Crippen LogP contribution is -2.37. The Morgan fingerprint density at radius 3 is 2.62 bits per heavy atom. The Morgan fingerprint density at radius 1 is 1.21 bits per heavy atom. The summed E-state index contributed by atoms with van der Waals surface area (Å²) in [6, 6.07) is 5.17. The van der Waals surface area contributed by atoms with Gasteiger partial charge >= 0.3 is 6.55 Å². The summed E-state index contributed by atoms with van der Waals surface area (Å²) in [5, 5.41) is 3.70. The minimum absolute atomic E-state index is 0.0203. The third-order valence-corrected chi connectivity index (χ3v) is 6.27. The Labute approximate surface area is 193 Å². The van der Waals surface area contributed by atoms with E-state index in [1.807, 2.05) is 0 Å². The van der Waals surface area contributed by atoms with Crippen LogP contribution >= 0.6 is 11.6 Å². The highest BCUT2D eigenvalue weighted by Gasteiger charge is 2.32. The lowest BCUT2D eigenvalue weighted by Gasteiger charge is -2.34. The molecule has 0 radical (unpaired) electrons. The maximum Gasteiger partial charge on any atom is 0.334 e. The molecule has 0 saturated carbocycles. The van der Waals surface area contributed by atoms with Gasteiger partial charge in [0.05, 0.1) is 30.2 Å². The van der Waals surface area contributed by atoms with Gasteiger partial charge in [-0.2, -0.15) is 18.6 Å². The molecule has 176 valence electrons. The van der Waals surface area contributed by atoms with Crippen LogP contribution in [0.25, 0.3) is 21.7 Å². The fourth-order valence-electron chi connectivity index (χ4n) is 4.23. The van der Waals surface area contributed by atoms with Crippen molar-refractivity contribution in [2.24, 2.45) is 0 Å². The molecule has 7 nitrogen and oxygen atoms in total. The van der Waals surface area contributed by atoms with Gasteiger partial charge in [-0.15, -0.1) is 0 Å². The van der Waals surface area contributed by atoms with E-state index in [1.165, 1.54) is 30.1 Å². The molecule has 0 saturated heterocycles. The quantitative estimate of drug-likeness (QED) is 0.424. The zero-order valence-corrected chi connectivity index (χ0v) is 18.2. The van der Waals surface area contributed by atoms with Crippen molar-refractivity contribution >= 4 is 39.2 Å². The fraction of sp³-hybridized carbons (Fsp3) is 0.227. The van der Waals surface area contributed by atoms with Crippen LogP contribution in [0.15, 0.2) is 35.1 Å². The lowest BCUT2D eigenvalue weighted by molar-refractivity contribution is 0.0336. The van der Waals surface area contributed by atoms with Gasteiger partial charge in [0.15, 0.2) is 11.6 Å². The van der Waals surface area contributed by atoms with Crippen LogP contribution in [0.1, 0.15) is 34.2 Å². The van der Waals surface area contributed by atoms with Gasteiger partial charge in [0.25, 0.3) is 11.5 Å². The second-order valence-electron chi connectivity index (χ2n) is 7.85. The van der Waals surface area contributed by atoms with Gasteiger partial charge in [-0.25, -0.2) is 8.78 Å². The highest BCUT2D eigenvalue weighted by molar-refractivity contribution is 6.34. The maximum absolute atomic E-state index is 14.1. The zero-order chi connectivity index (χ0) is 24.3. The largest absolute Gasteiger partial charge is 0.373 e. The van der Waals surface area contributed by atoms with Crippen LogP contribution in [0.4, 0.5) is 17.6 Å². The van der Waals surface area contributed by atoms with Gasteiger partial charge in [0.1, 0.15) is 5.15 Å². The first-order valence-electron chi connectivity index (χ1n) is 10.0. The first-order chi connectivity index (χ1) is 16.2. The summed E-state index contributed by atoms with van der Waals surface area (Å²) in [6.45, 7) is -2.90. The molecule has 0 aliphatic carbocycles. The summed E-state index contributed by atoms with van der Waals surface area (Å²) in [4.78, 5) is 29.7. The molecule has 0 bridgehead atoms. The van der Waals surface area contributed by atoms with Gasteiger partial charge in [0.2, 0.25) is 0 Å². The number of carbonyl (C=O) groups is 1. The fourth-order valence-corrected chi connectivity index (χ4v) is 4.49. The maximum atomic E-state index is 14.1. The molecule has 34 heavy (non-hydrogen) atoms. The van der Waals surface area contributed by atoms with Crippen molar-refractivity contribution < 1.29 is 27.1 Å². The minimum atomic E-state index is -2.95. The standard InChI is InChI=1S/C22H15ClF4N4O3/c1-30(21(33)9-2-3-15-12(4-9)19(23)31(29-15)22(26)27)17-8-34-7-16-18(17)10-5-13(24)14(25)6-11(10)20(32)28-16/h2-6,17,22H,7-8H2,1H3,(H,28,32)/t17-/m0/s1. The molecule has 3 heterocycles. The lowest BCUT2D eigenvalue weighted by atomic mass is 9.95. The second kappa shape index (κ2) is 8.10. The number of pyridine rings is 1. The molecular formula is C22H15ClF4N4O3. The Hall–Kier alpha value is -3.44. The summed E-state index contributed by atoms with van der Waals surface area (Å²) in [7, 11) is 1.48. The molecule has 1 N–H and O–H groups in total. The Balaban J connectivity index is 1.59. The summed E-state index contributed by atoms with van der Waals surface area (Å²) in [5.74, 6) is -2.80. The number of fused-ring (bicyclic) bond motifs is 4. The van der Waals surface area contributed by atoms with Crippen LogP contribution in [0.3, 0.4) is 0 Å². The number of nitrogens with zero attached hydrogens (tertiary/aromatic N) is 3. The summed E-state index contributed by atoms with van der Waals surface area (Å²) in [5.41, 5.74) is 0.499. The van der Waals surface area contributed by atoms with E-state index in [9.17, 15) is 27.2 Å². The smallest absolute Gasteiger partial charge is 0.334 e. The molecule has 1 aliphatic heterocycles. The van der Waals surface area contributed by atoms with Crippen LogP contribution in [0.2, 0.25) is 5.15 Å². The second-order valence-corrected chi connectivity index (χ2v) is 8.21. The number of hydrogen-bond acceptors (Lipinski definition) is 4. The van der Waals surface area contributed by atoms with Crippen molar-refractivity contribution in [3.8, 4) is 0 Å². The molecule has 5 rings (SSSR count). The van der Waals surface area contributed by atoms with E-state index in [1.54, 1.807) is 0 Å². The van der Waals surface area contributed by atoms with Gasteiger partial charge in [-0.3, -0.25) is 9.59 Å². The average molecular weight is 495 g/mol. The first kappa shape index (κ1) is 22.4. The summed E-state index contributed by atoms with van der Waals surface area (Å²) >= 11 is 6.01. The average Bonchev–Trinajstić information content (AvgIpc) is 3.15. The van der Waals surface area contributed by atoms with Crippen molar-refractivity contribution in [1.82, 2.24) is 19.7 Å². The molecule has 0 fully saturated rings. The van der Waals surface area contributed by atoms with Crippen molar-refractivity contribution in [2.45, 2.75) is 19.2 Å². The van der Waals surface area contributed by atoms with Crippen molar-refractivity contribution in [3.63, 3.8) is 0 Å². The molecule has 0 unspecified atom stereocenters. The number of nitrogens with one attached hydrogen (secondary N) is 1. The number of ether oxygens (including phenoxy) is 1. The van der Waals surface area contributed by atoms with Crippen LogP contribution < -0.4 is 5.56 Å². The van der Waals surface area contributed by atoms with Gasteiger partial charge < -0.3 is 14.6 Å². The molecule has 4 aromatic rings. The number of rotatable bonds is 3. The topological polar surface area (TPSA) is 80.2 Å². The van der Waals surface area contributed by atoms with Crippen molar-refractivity contribution in [3.05, 3.63) is 74.3 Å². The SMILES string of the molecule is CN(C(=O)c1ccc2nn(C(F)F)c(Cl)c2c1)[C@H]1COCc2[nH]c(=O)c3cc(F)c(F)cc3c21. The highest BCUT2D eigenvalue weighted by Crippen LogP contribution is 2.35. The Morgan fingerprint density at radius 2 is 1.91 bits per heavy atom. The van der Waals surface area contributed by atoms with E-state index in [-0.39, 0.29) is 45.6 Å². The van der Waals surface area contributed by atoms with Crippen LogP contribution in [0.5, 0.6) is 0 Å². The van der Waals surface area contributed by atoms with Crippen LogP contribution in [0, 0.1) is 11.6 Å². The molecule has 2 aromatic heterocycles. The van der Waals surface area contributed by atoms with E-state index < -0.39 is 35.7 Å². The summed E-state index contributed by atoms with van der Waals surface area (Å²) < 4.78 is 60.0. The number of aromatic nitrogens is 3. The molecule has 0 spiro atoms. The molecule has 12 heteroatoms. The molecule has 1 aliphatic rings. The van der Waals surface area contributed by atoms with Gasteiger partial charge in [0, 0.05) is 29.3 Å². The monoisotopic (exact) mass is 494 g/mol. The third kappa shape index (κ3) is 3.43.